The monoisotopic (exact) mass is 1990 g/mol. The van der Waals surface area contributed by atoms with Gasteiger partial charge in [0.1, 0.15) is 94.0 Å². The van der Waals surface area contributed by atoms with Crippen molar-refractivity contribution in [1.29, 1.82) is 0 Å². The van der Waals surface area contributed by atoms with Gasteiger partial charge in [0, 0.05) is 86.2 Å². The third-order valence-electron chi connectivity index (χ3n) is 21.7. The van der Waals surface area contributed by atoms with Crippen molar-refractivity contribution in [3.8, 4) is 0 Å². The predicted octanol–water partition coefficient (Wildman–Crippen LogP) is 14.4. The number of rotatable bonds is 38. The molecule has 4 N–H and O–H groups in total. The van der Waals surface area contributed by atoms with Gasteiger partial charge in [-0.15, -0.1) is 4.74 Å². The summed E-state index contributed by atoms with van der Waals surface area (Å²) < 4.78 is 102. The number of fused-ring (bicyclic) bond motifs is 4. The summed E-state index contributed by atoms with van der Waals surface area (Å²) in [6.07, 6.45) is 4.72. The number of carbonyl (C=O) groups is 6. The quantitative estimate of drug-likeness (QED) is 0.00697. The molecule has 4 saturated heterocycles. The van der Waals surface area contributed by atoms with E-state index in [4.69, 9.17) is 83.7 Å². The van der Waals surface area contributed by atoms with Crippen LogP contribution in [0.4, 0.5) is 32.9 Å². The summed E-state index contributed by atoms with van der Waals surface area (Å²) >= 11 is 0. The molecule has 142 heavy (non-hydrogen) atoms. The van der Waals surface area contributed by atoms with E-state index in [1.807, 2.05) is 79.7 Å². The molecule has 16 rings (SSSR count). The zero-order valence-electron chi connectivity index (χ0n) is 79.7. The molecule has 12 aromatic rings. The lowest BCUT2D eigenvalue weighted by molar-refractivity contribution is -0.0808. The van der Waals surface area contributed by atoms with Crippen molar-refractivity contribution < 1.29 is 93.8 Å². The minimum absolute atomic E-state index is 0.0301. The highest BCUT2D eigenvalue weighted by Crippen LogP contribution is 2.58. The zero-order chi connectivity index (χ0) is 101. The largest absolute Gasteiger partial charge is 0.376 e. The number of nitrogens with one attached hydrogen (secondary N) is 4. The van der Waals surface area contributed by atoms with Crippen molar-refractivity contribution in [3.05, 3.63) is 227 Å². The number of hydrogen-bond acceptors (Lipinski definition) is 32. The van der Waals surface area contributed by atoms with E-state index < -0.39 is 102 Å². The molecule has 0 saturated carbocycles. The minimum Gasteiger partial charge on any atom is -0.376 e. The smallest absolute Gasteiger partial charge is 0.365 e. The molecule has 4 fully saturated rings. The summed E-state index contributed by atoms with van der Waals surface area (Å²) in [5.41, 5.74) is 12.7. The molecule has 4 aliphatic rings. The number of ether oxygens (including phenoxy) is 8. The van der Waals surface area contributed by atoms with E-state index in [1.165, 1.54) is 69.6 Å². The van der Waals surface area contributed by atoms with Crippen molar-refractivity contribution in [2.75, 3.05) is 102 Å². The molecular weight excluding hydrogens is 1880 g/mol. The molecule has 0 aliphatic carbocycles. The Hall–Kier alpha value is -13.7. The lowest BCUT2D eigenvalue weighted by Gasteiger charge is -2.30. The van der Waals surface area contributed by atoms with Crippen LogP contribution < -0.4 is 21.3 Å². The van der Waals surface area contributed by atoms with E-state index in [-0.39, 0.29) is 130 Å². The highest BCUT2D eigenvalue weighted by Gasteiger charge is 2.48. The maximum absolute atomic E-state index is 13.6. The van der Waals surface area contributed by atoms with Crippen LogP contribution in [0.2, 0.25) is 0 Å². The van der Waals surface area contributed by atoms with E-state index in [0.29, 0.717) is 86.2 Å². The van der Waals surface area contributed by atoms with E-state index in [1.54, 1.807) is 134 Å². The fourth-order valence-corrected chi connectivity index (χ4v) is 18.2. The van der Waals surface area contributed by atoms with Crippen LogP contribution in [0.1, 0.15) is 147 Å². The molecule has 48 nitrogen and oxygen atoms in total. The molecule has 12 heterocycles. The van der Waals surface area contributed by atoms with E-state index in [0.717, 1.165) is 0 Å². The summed E-state index contributed by atoms with van der Waals surface area (Å²) in [5, 5.41) is 14.1. The van der Waals surface area contributed by atoms with Crippen LogP contribution >= 0.6 is 16.3 Å². The molecule has 4 aliphatic heterocycles. The van der Waals surface area contributed by atoms with Crippen molar-refractivity contribution in [2.45, 2.75) is 179 Å². The molecule has 14 atom stereocenters. The average molecular weight is 1990 g/mol. The highest BCUT2D eigenvalue weighted by atomic mass is 31.2. The fraction of sp³-hybridized carbons (Fsp3) is 0.435. The van der Waals surface area contributed by atoms with Crippen LogP contribution in [0.5, 0.6) is 0 Å². The second-order valence-electron chi connectivity index (χ2n) is 33.8. The van der Waals surface area contributed by atoms with Crippen LogP contribution in [0.25, 0.3) is 64.8 Å². The van der Waals surface area contributed by atoms with Gasteiger partial charge in [0.2, 0.25) is 13.1 Å². The fourth-order valence-electron chi connectivity index (χ4n) is 15.1. The number of benzene rings is 4. The van der Waals surface area contributed by atoms with Crippen molar-refractivity contribution in [3.63, 3.8) is 0 Å². The van der Waals surface area contributed by atoms with Crippen molar-refractivity contribution in [1.82, 2.24) is 87.9 Å². The number of anilines is 4. The van der Waals surface area contributed by atoms with Gasteiger partial charge < -0.3 is 92.2 Å². The van der Waals surface area contributed by atoms with E-state index in [2.05, 4.69) is 106 Å². The Bertz CT molecular complexity index is 6510. The Balaban J connectivity index is 0.000000210. The Labute approximate surface area is 816 Å². The van der Waals surface area contributed by atoms with Gasteiger partial charge in [-0.3, -0.25) is 55.8 Å². The number of carbonyl (C=O) groups excluding carboxylic acids is 6. The van der Waals surface area contributed by atoms with Crippen molar-refractivity contribution >= 4 is 120 Å². The average Bonchev–Trinajstić information content (AvgIpc) is 1.63. The summed E-state index contributed by atoms with van der Waals surface area (Å²) in [7, 11) is -0.0758. The van der Waals surface area contributed by atoms with Crippen LogP contribution in [-0.2, 0) is 65.0 Å². The van der Waals surface area contributed by atoms with Gasteiger partial charge in [0.05, 0.1) is 94.5 Å². The molecule has 2 unspecified atom stereocenters. The van der Waals surface area contributed by atoms with Gasteiger partial charge in [-0.25, -0.2) is 77.7 Å². The van der Waals surface area contributed by atoms with Crippen LogP contribution in [0.15, 0.2) is 182 Å². The zero-order valence-corrected chi connectivity index (χ0v) is 81.5. The van der Waals surface area contributed by atoms with Gasteiger partial charge in [-0.05, 0) is 109 Å². The summed E-state index contributed by atoms with van der Waals surface area (Å²) in [5.74, 6) is -0.418. The predicted molar refractivity (Wildman–Crippen MR) is 515 cm³/mol. The van der Waals surface area contributed by atoms with Crippen LogP contribution in [0, 0.1) is 13.1 Å². The first-order valence-corrected chi connectivity index (χ1v) is 48.0. The summed E-state index contributed by atoms with van der Waals surface area (Å²) in [6, 6.07) is 33.9. The molecular formula is C92H108N28O20P2. The van der Waals surface area contributed by atoms with Crippen LogP contribution in [0.3, 0.4) is 0 Å². The summed E-state index contributed by atoms with van der Waals surface area (Å²) in [4.78, 5) is 141. The molecule has 4 aromatic carbocycles. The molecule has 8 aromatic heterocycles. The number of aromatic nitrogens is 16. The Morgan fingerprint density at radius 3 is 1.09 bits per heavy atom. The highest BCUT2D eigenvalue weighted by molar-refractivity contribution is 7.51. The van der Waals surface area contributed by atoms with Gasteiger partial charge in [-0.1, -0.05) is 72.8 Å². The normalized spacial score (nSPS) is 20.4. The van der Waals surface area contributed by atoms with Gasteiger partial charge in [-0.2, -0.15) is 0 Å². The molecule has 50 heteroatoms. The van der Waals surface area contributed by atoms with Gasteiger partial charge in [0.25, 0.3) is 23.6 Å². The first kappa shape index (κ1) is 104. The number of imidazole rings is 4. The number of nitrogens with zero attached hydrogens (tertiary/aromatic N) is 24. The second-order valence-corrected chi connectivity index (χ2v) is 36.8. The minimum atomic E-state index is -4.11. The number of azide groups is 1. The Morgan fingerprint density at radius 1 is 0.430 bits per heavy atom. The van der Waals surface area contributed by atoms with Crippen molar-refractivity contribution in [2.24, 2.45) is 9.86 Å². The van der Waals surface area contributed by atoms with Gasteiger partial charge >= 0.3 is 28.4 Å². The molecule has 8 amide bonds. The second kappa shape index (κ2) is 49.6. The molecule has 0 radical (unpaired) electrons. The lowest BCUT2D eigenvalue weighted by atomic mass is 10.2. The Morgan fingerprint density at radius 2 is 0.761 bits per heavy atom. The van der Waals surface area contributed by atoms with E-state index in [9.17, 15) is 28.8 Å². The first-order valence-electron chi connectivity index (χ1n) is 45.4. The Kier molecular flexibility index (Phi) is 36.4. The van der Waals surface area contributed by atoms with E-state index >= 15 is 0 Å². The topological polar surface area (TPSA) is 530 Å². The third kappa shape index (κ3) is 26.9. The molecule has 0 spiro atoms. The maximum Gasteiger partial charge on any atom is 0.365 e. The van der Waals surface area contributed by atoms with Crippen LogP contribution in [-0.4, -0.2) is 278 Å². The molecule has 746 valence electrons. The SMILES string of the molecule is CN(C)C(=O)N=[N+]=[N-].[C-]#[N+]CCOP(=NC(=O)N(C)C)(OC[C@H]1O[C@@H](n2cnc3c(NC(=O)c4ccccc4)ncnc32)C[C@H]1OC(C)C)O[C@@H]1C[C@H](n2cnc3c(NC(=O)c4ccccc4)ncnc32)O[C@@H]1COC(C)C.[C-]#[N+]CCOP(OC[C@H]1O[C@@H](n2cnc3c(NC(=O)c4ccccc4)ncnc32)C[C@H]1OC(C)C)O[C@@H]1C[C@H](n2cnc3c(NC(=O)c4ccccc4)ncnc32)O[C@@H]1COC(C)C. The number of amides is 8. The lowest BCUT2D eigenvalue weighted by Crippen LogP contribution is -2.33. The first-order chi connectivity index (χ1) is 68.6. The molecule has 0 bridgehead atoms. The standard InChI is InChI=1S/C46H54N13O10P.C43H48N11O9P.C3H6N4O/c1-28(2)63-22-34-33(21-37(67-34)59-27-53-39-41(49-25-51-43(39)59)55-45(61)31-16-12-9-13-17-31)69-70(64-19-18-47-5,56-46(62)57(6)7)65-23-35-32(66-29(3)4)20-36(68-35)58-26-52-38-40(48-24-50-42(38)58)54-44(60)30-14-10-8-11-15-30;1-26(2)57-20-32-31(19-35(61-32)54-25-50-37-39(46-23-48-41(37)54)52-43(56)29-14-10-7-11-15-29)63-64(58-17-16-44-5)59-21-33-30(60-27(3)4)18-34(62-33)53-24-49-36-38(45-22-47-40(36)53)51-42(55)28-12-8-6-9-13-28;1-7(2)3(8)5-6-4/h8-17,24-29,32-37H,18-23H2,1-4,6-7H3,(H,48,50,54,60)(H,49,51,55,61);6-15,22-27,30-35H,16-21H2,1-4H3,(H,45,47,51,55)(H,46,48,52,56);1-2H3/t32-,33-,34-,35-,36-,37-,70?;30-,31-,32-,33-,34-,35-,64?;/m11./s1. The maximum atomic E-state index is 13.6. The summed E-state index contributed by atoms with van der Waals surface area (Å²) in [6.45, 7) is 30.2. The number of hydrogen-bond donors (Lipinski definition) is 4. The number of urea groups is 2. The van der Waals surface area contributed by atoms with Gasteiger partial charge in [0.15, 0.2) is 67.9 Å². The third-order valence-corrected chi connectivity index (χ3v) is 24.9.